The van der Waals surface area contributed by atoms with Crippen molar-refractivity contribution in [1.82, 2.24) is 0 Å². The number of hydrogen-bond donors (Lipinski definition) is 0. The van der Waals surface area contributed by atoms with Gasteiger partial charge in [0.2, 0.25) is 0 Å². The van der Waals surface area contributed by atoms with Crippen molar-refractivity contribution in [3.63, 3.8) is 0 Å². The highest BCUT2D eigenvalue weighted by Crippen LogP contribution is 2.58. The third-order valence-electron chi connectivity index (χ3n) is 20.8. The van der Waals surface area contributed by atoms with Gasteiger partial charge in [0.25, 0.3) is 6.71 Å². The van der Waals surface area contributed by atoms with E-state index in [2.05, 4.69) is 264 Å². The molecule has 0 amide bonds. The van der Waals surface area contributed by atoms with Crippen LogP contribution in [0, 0.1) is 12.1 Å². The lowest BCUT2D eigenvalue weighted by Crippen LogP contribution is -2.63. The van der Waals surface area contributed by atoms with Crippen LogP contribution in [0.2, 0.25) is 0 Å². The average Bonchev–Trinajstić information content (AvgIpc) is 3.80. The Bertz CT molecular complexity index is 3580. The number of anilines is 6. The molecule has 0 fully saturated rings. The van der Waals surface area contributed by atoms with Gasteiger partial charge in [-0.25, -0.2) is 0 Å². The third-order valence-corrected chi connectivity index (χ3v) is 22.4. The first-order valence-corrected chi connectivity index (χ1v) is 31.6. The maximum absolute atomic E-state index is 3.92. The number of hydrogen-bond acceptors (Lipinski definition) is 3. The van der Waals surface area contributed by atoms with Crippen molar-refractivity contribution >= 4 is 73.4 Å². The molecule has 0 atom stereocenters. The molecule has 0 spiro atoms. The average molecular weight is 1080 g/mol. The standard InChI is InChI=1S/C76H93BN2S/c1-68(2,3)48-27-29-51(30-28-48)79-62-38-47(54-43-56-55(71(10,11)31-32-72(56,12)13)42-53(54)46-25-23-22-24-26-46)37-61-64(62)77(65-63-66(80-67(65)79)76(20,21)36-35-75(63,18)19)59-44-57-58(74(16,17)34-33-73(57,14)15)45-60(59)78(61)52-40-49(69(4,5)6)39-50(41-52)70(7,8)9/h23,25-27,29,37-45H,22,24,31-36H2,1-21H3. The zero-order valence-electron chi connectivity index (χ0n) is 53.1. The molecule has 2 nitrogen and oxygen atoms in total. The molecule has 2 aliphatic heterocycles. The molecule has 80 heavy (non-hydrogen) atoms. The van der Waals surface area contributed by atoms with Crippen molar-refractivity contribution in [3.8, 4) is 11.1 Å². The predicted octanol–water partition coefficient (Wildman–Crippen LogP) is 19.8. The molecule has 4 aliphatic carbocycles. The van der Waals surface area contributed by atoms with Crippen LogP contribution in [0.25, 0.3) is 16.7 Å². The fourth-order valence-corrected chi connectivity index (χ4v) is 16.7. The van der Waals surface area contributed by atoms with Crippen LogP contribution in [-0.4, -0.2) is 6.71 Å². The Morgan fingerprint density at radius 1 is 0.487 bits per heavy atom. The first-order valence-electron chi connectivity index (χ1n) is 30.8. The quantitative estimate of drug-likeness (QED) is 0.162. The molecule has 12 rings (SSSR count). The molecule has 1 aromatic heterocycles. The van der Waals surface area contributed by atoms with Crippen LogP contribution >= 0.6 is 11.3 Å². The number of benzene rings is 4. The summed E-state index contributed by atoms with van der Waals surface area (Å²) in [4.78, 5) is 7.04. The van der Waals surface area contributed by atoms with E-state index in [0.29, 0.717) is 0 Å². The van der Waals surface area contributed by atoms with Gasteiger partial charge in [0, 0.05) is 33.2 Å². The lowest BCUT2D eigenvalue weighted by Gasteiger charge is -2.48. The van der Waals surface area contributed by atoms with Gasteiger partial charge in [-0.15, -0.1) is 11.3 Å². The second-order valence-electron chi connectivity index (χ2n) is 32.8. The van der Waals surface area contributed by atoms with Crippen LogP contribution < -0.4 is 26.2 Å². The summed E-state index contributed by atoms with van der Waals surface area (Å²) in [6.45, 7) is 51.6. The largest absolute Gasteiger partial charge is 0.311 e. The summed E-state index contributed by atoms with van der Waals surface area (Å²) in [5.41, 5.74) is 27.3. The predicted molar refractivity (Wildman–Crippen MR) is 350 cm³/mol. The van der Waals surface area contributed by atoms with Crippen molar-refractivity contribution in [2.24, 2.45) is 0 Å². The zero-order chi connectivity index (χ0) is 57.6. The van der Waals surface area contributed by atoms with E-state index < -0.39 is 0 Å². The molecule has 0 saturated heterocycles. The maximum atomic E-state index is 3.92. The van der Waals surface area contributed by atoms with Crippen LogP contribution in [0.4, 0.5) is 33.4 Å². The van der Waals surface area contributed by atoms with Gasteiger partial charge in [-0.05, 0) is 238 Å². The van der Waals surface area contributed by atoms with Gasteiger partial charge in [0.15, 0.2) is 0 Å². The molecule has 3 heterocycles. The Balaban J connectivity index is 1.30. The van der Waals surface area contributed by atoms with E-state index in [1.165, 1.54) is 125 Å². The second kappa shape index (κ2) is 17.6. The van der Waals surface area contributed by atoms with Gasteiger partial charge in [-0.2, -0.15) is 0 Å². The van der Waals surface area contributed by atoms with E-state index >= 15 is 0 Å². The molecule has 0 saturated carbocycles. The molecule has 5 aromatic carbocycles. The Morgan fingerprint density at radius 2 is 1.01 bits per heavy atom. The van der Waals surface area contributed by atoms with Gasteiger partial charge in [0.1, 0.15) is 0 Å². The van der Waals surface area contributed by atoms with E-state index in [9.17, 15) is 0 Å². The summed E-state index contributed by atoms with van der Waals surface area (Å²) in [6, 6.07) is 36.2. The summed E-state index contributed by atoms with van der Waals surface area (Å²) in [7, 11) is 0. The van der Waals surface area contributed by atoms with Crippen molar-refractivity contribution in [2.45, 2.75) is 245 Å². The molecule has 0 N–H and O–H groups in total. The van der Waals surface area contributed by atoms with Gasteiger partial charge in [-0.3, -0.25) is 4.90 Å². The minimum atomic E-state index is -0.0778. The van der Waals surface area contributed by atoms with E-state index in [1.807, 2.05) is 0 Å². The number of fused-ring (bicyclic) bond motifs is 8. The van der Waals surface area contributed by atoms with Gasteiger partial charge >= 0.3 is 0 Å². The van der Waals surface area contributed by atoms with Crippen molar-refractivity contribution in [1.29, 1.82) is 0 Å². The monoisotopic (exact) mass is 1080 g/mol. The minimum Gasteiger partial charge on any atom is -0.311 e. The number of allylic oxidation sites excluding steroid dienone is 4. The van der Waals surface area contributed by atoms with Crippen molar-refractivity contribution in [2.75, 3.05) is 9.80 Å². The zero-order valence-corrected chi connectivity index (χ0v) is 53.9. The fraction of sp³-hybridized carbons (Fsp3) is 0.500. The number of rotatable bonds is 4. The SMILES string of the molecule is CC(C)(C)c1c#cc(N2c3cc(-c4cc5c(cc4C4=CCCC=C4)C(C)(C)CCC5(C)C)cc4c3B(c3cc5c(cc3N4c3cc(C(C)(C)C)cc(C(C)(C)C)c3)C(C)(C)CCC5(C)C)c3c2sc2c3C(C)(C)CCC2(C)C)cc1. The third kappa shape index (κ3) is 8.68. The molecule has 416 valence electrons. The summed E-state index contributed by atoms with van der Waals surface area (Å²) in [5, 5.41) is 1.36. The van der Waals surface area contributed by atoms with E-state index in [4.69, 9.17) is 0 Å². The highest BCUT2D eigenvalue weighted by atomic mass is 32.1. The lowest BCUT2D eigenvalue weighted by atomic mass is 9.32. The molecular weight excluding hydrogens is 984 g/mol. The Hall–Kier alpha value is -5.24. The first kappa shape index (κ1) is 55.3. The Labute approximate surface area is 489 Å². The summed E-state index contributed by atoms with van der Waals surface area (Å²) < 4.78 is 0. The van der Waals surface area contributed by atoms with Crippen LogP contribution in [0.15, 0.2) is 85.0 Å². The highest BCUT2D eigenvalue weighted by Gasteiger charge is 2.53. The lowest BCUT2D eigenvalue weighted by molar-refractivity contribution is 0.332. The topological polar surface area (TPSA) is 6.48 Å². The fourth-order valence-electron chi connectivity index (χ4n) is 15.0. The minimum absolute atomic E-state index is 0.00305. The van der Waals surface area contributed by atoms with Gasteiger partial charge in [0.05, 0.1) is 10.7 Å². The molecule has 0 bridgehead atoms. The molecular formula is C76H93BN2S. The molecule has 6 aromatic rings. The van der Waals surface area contributed by atoms with E-state index in [-0.39, 0.29) is 55.4 Å². The summed E-state index contributed by atoms with van der Waals surface area (Å²) in [6.07, 6.45) is 16.5. The van der Waals surface area contributed by atoms with Gasteiger partial charge < -0.3 is 4.90 Å². The highest BCUT2D eigenvalue weighted by molar-refractivity contribution is 7.20. The van der Waals surface area contributed by atoms with Crippen molar-refractivity contribution in [3.05, 3.63) is 152 Å². The van der Waals surface area contributed by atoms with Crippen LogP contribution in [0.5, 0.6) is 0 Å². The molecule has 6 aliphatic rings. The smallest absolute Gasteiger partial charge is 0.253 e. The van der Waals surface area contributed by atoms with E-state index in [0.717, 1.165) is 37.8 Å². The van der Waals surface area contributed by atoms with E-state index in [1.54, 1.807) is 10.4 Å². The van der Waals surface area contributed by atoms with Crippen LogP contribution in [0.1, 0.15) is 252 Å². The maximum Gasteiger partial charge on any atom is 0.253 e. The molecule has 0 radical (unpaired) electrons. The Morgan fingerprint density at radius 3 is 1.54 bits per heavy atom. The Kier molecular flexibility index (Phi) is 12.2. The first-order chi connectivity index (χ1) is 37.0. The normalized spacial score (nSPS) is 20.6. The summed E-state index contributed by atoms with van der Waals surface area (Å²) >= 11 is 2.09. The van der Waals surface area contributed by atoms with Crippen LogP contribution in [0.3, 0.4) is 0 Å². The van der Waals surface area contributed by atoms with Gasteiger partial charge in [-0.1, -0.05) is 182 Å². The molecule has 0 unspecified atom stereocenters. The van der Waals surface area contributed by atoms with Crippen molar-refractivity contribution < 1.29 is 0 Å². The summed E-state index contributed by atoms with van der Waals surface area (Å²) in [5.74, 6) is 0. The number of nitrogens with zero attached hydrogens (tertiary/aromatic N) is 2. The number of thiophene rings is 1. The molecule has 4 heteroatoms. The second-order valence-corrected chi connectivity index (χ2v) is 33.8. The van der Waals surface area contributed by atoms with Crippen LogP contribution in [-0.2, 0) is 48.7 Å².